The van der Waals surface area contributed by atoms with Gasteiger partial charge in [0.05, 0.1) is 11.6 Å². The third-order valence-corrected chi connectivity index (χ3v) is 3.24. The molecule has 0 radical (unpaired) electrons. The molecule has 92 valence electrons. The Bertz CT molecular complexity index is 435. The average Bonchev–Trinajstić information content (AvgIpc) is 2.30. The molecular formula is C12H12ClFO2S. The van der Waals surface area contributed by atoms with E-state index in [0.29, 0.717) is 17.9 Å². The zero-order valence-corrected chi connectivity index (χ0v) is 10.9. The summed E-state index contributed by atoms with van der Waals surface area (Å²) in [7, 11) is 0. The van der Waals surface area contributed by atoms with E-state index < -0.39 is 11.8 Å². The highest BCUT2D eigenvalue weighted by Gasteiger charge is 2.09. The number of esters is 1. The number of hydrogen-bond acceptors (Lipinski definition) is 3. The van der Waals surface area contributed by atoms with Gasteiger partial charge in [0.15, 0.2) is 0 Å². The van der Waals surface area contributed by atoms with E-state index in [9.17, 15) is 9.18 Å². The molecule has 0 aliphatic carbocycles. The van der Waals surface area contributed by atoms with Crippen molar-refractivity contribution >= 4 is 29.3 Å². The van der Waals surface area contributed by atoms with Gasteiger partial charge in [0.1, 0.15) is 5.82 Å². The lowest BCUT2D eigenvalue weighted by molar-refractivity contribution is -0.138. The van der Waals surface area contributed by atoms with Crippen LogP contribution in [0.2, 0.25) is 5.02 Å². The molecule has 0 fully saturated rings. The monoisotopic (exact) mass is 274 g/mol. The van der Waals surface area contributed by atoms with E-state index in [4.69, 9.17) is 16.3 Å². The normalized spacial score (nSPS) is 10.1. The summed E-state index contributed by atoms with van der Waals surface area (Å²) in [6.07, 6.45) is 0. The van der Waals surface area contributed by atoms with E-state index >= 15 is 0 Å². The lowest BCUT2D eigenvalue weighted by atomic mass is 10.3. The van der Waals surface area contributed by atoms with Crippen LogP contribution in [-0.4, -0.2) is 18.3 Å². The van der Waals surface area contributed by atoms with E-state index in [1.54, 1.807) is 13.0 Å². The van der Waals surface area contributed by atoms with E-state index in [-0.39, 0.29) is 5.02 Å². The van der Waals surface area contributed by atoms with E-state index in [1.807, 2.05) is 0 Å². The number of rotatable bonds is 5. The van der Waals surface area contributed by atoms with Gasteiger partial charge in [-0.3, -0.25) is 0 Å². The summed E-state index contributed by atoms with van der Waals surface area (Å²) in [4.78, 5) is 12.0. The van der Waals surface area contributed by atoms with Crippen LogP contribution in [0, 0.1) is 5.82 Å². The predicted octanol–water partition coefficient (Wildman–Crippen LogP) is 3.69. The van der Waals surface area contributed by atoms with Crippen LogP contribution >= 0.6 is 23.4 Å². The summed E-state index contributed by atoms with van der Waals surface area (Å²) in [5.74, 6) is -0.478. The van der Waals surface area contributed by atoms with Crippen molar-refractivity contribution in [2.45, 2.75) is 11.8 Å². The van der Waals surface area contributed by atoms with Crippen molar-refractivity contribution in [1.82, 2.24) is 0 Å². The number of ether oxygens (including phenoxy) is 1. The van der Waals surface area contributed by atoms with Crippen LogP contribution in [-0.2, 0) is 9.53 Å². The molecule has 0 saturated carbocycles. The van der Waals surface area contributed by atoms with Crippen molar-refractivity contribution in [3.8, 4) is 0 Å². The van der Waals surface area contributed by atoms with Crippen molar-refractivity contribution in [2.75, 3.05) is 12.4 Å². The van der Waals surface area contributed by atoms with Gasteiger partial charge in [0, 0.05) is 16.2 Å². The van der Waals surface area contributed by atoms with E-state index in [1.165, 1.54) is 23.9 Å². The summed E-state index contributed by atoms with van der Waals surface area (Å²) in [6, 6.07) is 4.40. The second-order valence-corrected chi connectivity index (χ2v) is 4.64. The molecule has 0 saturated heterocycles. The van der Waals surface area contributed by atoms with Crippen molar-refractivity contribution in [3.63, 3.8) is 0 Å². The zero-order chi connectivity index (χ0) is 12.8. The van der Waals surface area contributed by atoms with Gasteiger partial charge in [-0.2, -0.15) is 0 Å². The molecule has 5 heteroatoms. The predicted molar refractivity (Wildman–Crippen MR) is 67.9 cm³/mol. The fourth-order valence-corrected chi connectivity index (χ4v) is 2.10. The standard InChI is InChI=1S/C12H12ClFO2S/c1-3-16-12(15)8(2)7-17-9-4-5-11(14)10(13)6-9/h4-6H,2-3,7H2,1H3. The Morgan fingerprint density at radius 3 is 2.88 bits per heavy atom. The number of carbonyl (C=O) groups excluding carboxylic acids is 1. The van der Waals surface area contributed by atoms with Gasteiger partial charge in [-0.05, 0) is 25.1 Å². The molecule has 1 rings (SSSR count). The van der Waals surface area contributed by atoms with E-state index in [2.05, 4.69) is 6.58 Å². The molecule has 0 spiro atoms. The lowest BCUT2D eigenvalue weighted by Gasteiger charge is -2.05. The smallest absolute Gasteiger partial charge is 0.334 e. The number of hydrogen-bond donors (Lipinski definition) is 0. The minimum atomic E-state index is -0.458. The summed E-state index contributed by atoms with van der Waals surface area (Å²) in [5, 5.41) is 0.0664. The van der Waals surface area contributed by atoms with E-state index in [0.717, 1.165) is 4.90 Å². The fraction of sp³-hybridized carbons (Fsp3) is 0.250. The maximum atomic E-state index is 12.9. The van der Waals surface area contributed by atoms with Crippen molar-refractivity contribution in [2.24, 2.45) is 0 Å². The number of thioether (sulfide) groups is 1. The first-order valence-electron chi connectivity index (χ1n) is 4.97. The second-order valence-electron chi connectivity index (χ2n) is 3.19. The topological polar surface area (TPSA) is 26.3 Å². The van der Waals surface area contributed by atoms with Crippen LogP contribution in [0.5, 0.6) is 0 Å². The summed E-state index contributed by atoms with van der Waals surface area (Å²) in [6.45, 7) is 5.68. The molecular weight excluding hydrogens is 263 g/mol. The summed E-state index contributed by atoms with van der Waals surface area (Å²) < 4.78 is 17.7. The van der Waals surface area contributed by atoms with Crippen LogP contribution in [0.25, 0.3) is 0 Å². The molecule has 0 unspecified atom stereocenters. The van der Waals surface area contributed by atoms with Gasteiger partial charge in [-0.15, -0.1) is 11.8 Å². The first kappa shape index (κ1) is 14.1. The molecule has 0 amide bonds. The zero-order valence-electron chi connectivity index (χ0n) is 9.33. The van der Waals surface area contributed by atoms with Crippen LogP contribution < -0.4 is 0 Å². The van der Waals surface area contributed by atoms with Gasteiger partial charge in [0.25, 0.3) is 0 Å². The van der Waals surface area contributed by atoms with Crippen LogP contribution in [0.3, 0.4) is 0 Å². The molecule has 2 nitrogen and oxygen atoms in total. The minimum Gasteiger partial charge on any atom is -0.463 e. The van der Waals surface area contributed by atoms with Crippen LogP contribution in [0.4, 0.5) is 4.39 Å². The first-order chi connectivity index (χ1) is 8.04. The van der Waals surface area contributed by atoms with Gasteiger partial charge >= 0.3 is 5.97 Å². The Balaban J connectivity index is 2.53. The average molecular weight is 275 g/mol. The summed E-state index contributed by atoms with van der Waals surface area (Å²) in [5.41, 5.74) is 0.372. The first-order valence-corrected chi connectivity index (χ1v) is 6.33. The van der Waals surface area contributed by atoms with Gasteiger partial charge in [-0.25, -0.2) is 9.18 Å². The van der Waals surface area contributed by atoms with Crippen LogP contribution in [0.1, 0.15) is 6.92 Å². The molecule has 0 aromatic heterocycles. The Labute approximate surface area is 109 Å². The molecule has 1 aromatic carbocycles. The highest BCUT2D eigenvalue weighted by atomic mass is 35.5. The fourth-order valence-electron chi connectivity index (χ4n) is 1.03. The third kappa shape index (κ3) is 4.40. The number of benzene rings is 1. The molecule has 0 N–H and O–H groups in total. The number of halogens is 2. The lowest BCUT2D eigenvalue weighted by Crippen LogP contribution is -2.08. The molecule has 0 bridgehead atoms. The largest absolute Gasteiger partial charge is 0.463 e. The minimum absolute atomic E-state index is 0.0664. The quantitative estimate of drug-likeness (QED) is 0.465. The molecule has 1 aromatic rings. The Morgan fingerprint density at radius 1 is 1.59 bits per heavy atom. The van der Waals surface area contributed by atoms with Crippen LogP contribution in [0.15, 0.2) is 35.2 Å². The summed E-state index contributed by atoms with van der Waals surface area (Å²) >= 11 is 6.99. The third-order valence-electron chi connectivity index (χ3n) is 1.87. The molecule has 17 heavy (non-hydrogen) atoms. The molecule has 0 aliphatic heterocycles. The Morgan fingerprint density at radius 2 is 2.29 bits per heavy atom. The van der Waals surface area contributed by atoms with Gasteiger partial charge in [0.2, 0.25) is 0 Å². The van der Waals surface area contributed by atoms with Gasteiger partial charge in [-0.1, -0.05) is 18.2 Å². The molecule has 0 atom stereocenters. The highest BCUT2D eigenvalue weighted by molar-refractivity contribution is 7.99. The maximum Gasteiger partial charge on any atom is 0.334 e. The molecule has 0 aliphatic rings. The Hall–Kier alpha value is -1.00. The Kier molecular flexibility index (Phi) is 5.51. The van der Waals surface area contributed by atoms with Crippen molar-refractivity contribution in [1.29, 1.82) is 0 Å². The maximum absolute atomic E-state index is 12.9. The van der Waals surface area contributed by atoms with Crippen molar-refractivity contribution in [3.05, 3.63) is 41.2 Å². The SMILES string of the molecule is C=C(CSc1ccc(F)c(Cl)c1)C(=O)OCC. The van der Waals surface area contributed by atoms with Crippen molar-refractivity contribution < 1.29 is 13.9 Å². The van der Waals surface area contributed by atoms with Gasteiger partial charge < -0.3 is 4.74 Å². The second kappa shape index (κ2) is 6.67. The molecule has 0 heterocycles. The number of carbonyl (C=O) groups is 1. The highest BCUT2D eigenvalue weighted by Crippen LogP contribution is 2.25.